The zero-order chi connectivity index (χ0) is 20.1. The number of hydrogen-bond acceptors (Lipinski definition) is 5. The summed E-state index contributed by atoms with van der Waals surface area (Å²) in [7, 11) is 1.96. The molecule has 0 amide bonds. The smallest absolute Gasteiger partial charge is 0.241 e. The summed E-state index contributed by atoms with van der Waals surface area (Å²) in [5, 5.41) is 0. The number of hydrogen-bond donors (Lipinski definition) is 1. The van der Waals surface area contributed by atoms with E-state index >= 15 is 0 Å². The molecule has 1 heterocycles. The third-order valence-electron chi connectivity index (χ3n) is 5.02. The van der Waals surface area contributed by atoms with Crippen LogP contribution in [0.1, 0.15) is 5.56 Å². The summed E-state index contributed by atoms with van der Waals surface area (Å²) in [5.74, 6) is 0.754. The van der Waals surface area contributed by atoms with Gasteiger partial charge < -0.3 is 9.64 Å². The first-order valence-electron chi connectivity index (χ1n) is 9.45. The van der Waals surface area contributed by atoms with E-state index in [1.54, 1.807) is 24.3 Å². The van der Waals surface area contributed by atoms with Crippen LogP contribution in [0.2, 0.25) is 0 Å². The van der Waals surface area contributed by atoms with Crippen LogP contribution >= 0.6 is 0 Å². The Morgan fingerprint density at radius 1 is 1.11 bits per heavy atom. The first-order valence-corrected chi connectivity index (χ1v) is 10.9. The Kier molecular flexibility index (Phi) is 6.72. The van der Waals surface area contributed by atoms with Crippen LogP contribution in [-0.4, -0.2) is 65.1 Å². The van der Waals surface area contributed by atoms with E-state index < -0.39 is 10.0 Å². The Hall–Kier alpha value is -1.93. The van der Waals surface area contributed by atoms with Gasteiger partial charge in [0.25, 0.3) is 0 Å². The van der Waals surface area contributed by atoms with Gasteiger partial charge in [-0.05, 0) is 31.8 Å². The zero-order valence-electron chi connectivity index (χ0n) is 16.7. The van der Waals surface area contributed by atoms with Crippen LogP contribution in [0.4, 0.5) is 0 Å². The van der Waals surface area contributed by atoms with Crippen molar-refractivity contribution in [3.05, 3.63) is 60.2 Å². The highest BCUT2D eigenvalue weighted by Gasteiger charge is 2.36. The van der Waals surface area contributed by atoms with Crippen molar-refractivity contribution >= 4 is 10.0 Å². The molecule has 0 bridgehead atoms. The molecule has 28 heavy (non-hydrogen) atoms. The molecule has 2 aromatic carbocycles. The highest BCUT2D eigenvalue weighted by Crippen LogP contribution is 2.23. The molecule has 0 spiro atoms. The second-order valence-corrected chi connectivity index (χ2v) is 9.32. The topological polar surface area (TPSA) is 61.9 Å². The minimum absolute atomic E-state index is 0.137. The second kappa shape index (κ2) is 9.05. The van der Waals surface area contributed by atoms with Gasteiger partial charge in [-0.3, -0.25) is 4.90 Å². The lowest BCUT2D eigenvalue weighted by Crippen LogP contribution is -2.43. The molecular weight excluding hydrogens is 374 g/mol. The largest absolute Gasteiger partial charge is 0.497 e. The number of likely N-dealkylation sites (tertiary alicyclic amines) is 1. The molecule has 2 atom stereocenters. The van der Waals surface area contributed by atoms with Gasteiger partial charge in [-0.2, -0.15) is 0 Å². The van der Waals surface area contributed by atoms with Crippen molar-refractivity contribution in [1.29, 1.82) is 0 Å². The van der Waals surface area contributed by atoms with E-state index in [4.69, 9.17) is 4.74 Å². The monoisotopic (exact) mass is 403 g/mol. The highest BCUT2D eigenvalue weighted by atomic mass is 32.2. The van der Waals surface area contributed by atoms with Crippen LogP contribution in [0.3, 0.4) is 0 Å². The first kappa shape index (κ1) is 20.8. The lowest BCUT2D eigenvalue weighted by Gasteiger charge is -2.23. The van der Waals surface area contributed by atoms with Crippen molar-refractivity contribution in [1.82, 2.24) is 14.5 Å². The fourth-order valence-corrected chi connectivity index (χ4v) is 5.09. The van der Waals surface area contributed by atoms with Gasteiger partial charge in [-0.1, -0.05) is 36.4 Å². The van der Waals surface area contributed by atoms with E-state index in [1.807, 2.05) is 32.3 Å². The van der Waals surface area contributed by atoms with E-state index in [0.29, 0.717) is 12.3 Å². The summed E-state index contributed by atoms with van der Waals surface area (Å²) in [6.45, 7) is 3.20. The van der Waals surface area contributed by atoms with Gasteiger partial charge in [0.15, 0.2) is 0 Å². The molecule has 0 radical (unpaired) electrons. The standard InChI is InChI=1S/C21H29N3O3S/c1-23(2)14-18-15-24(13-17-8-5-4-6-9-17)16-21(18)22-28(25,26)20-11-7-10-19(12-20)27-3/h4-12,18,21-22H,13-16H2,1-3H3/t18-,21-/m1/s1. The summed E-state index contributed by atoms with van der Waals surface area (Å²) >= 11 is 0. The average Bonchev–Trinajstić information content (AvgIpc) is 3.02. The first-order chi connectivity index (χ1) is 13.4. The fraction of sp³-hybridized carbons (Fsp3) is 0.429. The van der Waals surface area contributed by atoms with Crippen LogP contribution in [0.15, 0.2) is 59.5 Å². The summed E-state index contributed by atoms with van der Waals surface area (Å²) in [5.41, 5.74) is 1.24. The molecule has 1 aliphatic heterocycles. The Bertz CT molecular complexity index is 871. The van der Waals surface area contributed by atoms with Gasteiger partial charge in [0.1, 0.15) is 5.75 Å². The van der Waals surface area contributed by atoms with E-state index in [1.165, 1.54) is 12.7 Å². The van der Waals surface area contributed by atoms with Gasteiger partial charge >= 0.3 is 0 Å². The van der Waals surface area contributed by atoms with Crippen molar-refractivity contribution in [2.24, 2.45) is 5.92 Å². The molecular formula is C21H29N3O3S. The van der Waals surface area contributed by atoms with Crippen LogP contribution < -0.4 is 9.46 Å². The van der Waals surface area contributed by atoms with E-state index in [0.717, 1.165) is 19.6 Å². The van der Waals surface area contributed by atoms with Crippen molar-refractivity contribution < 1.29 is 13.2 Å². The van der Waals surface area contributed by atoms with E-state index in [2.05, 4.69) is 26.7 Å². The number of nitrogens with one attached hydrogen (secondary N) is 1. The van der Waals surface area contributed by atoms with Gasteiger partial charge in [0.05, 0.1) is 12.0 Å². The van der Waals surface area contributed by atoms with Gasteiger partial charge in [-0.15, -0.1) is 0 Å². The molecule has 1 N–H and O–H groups in total. The molecule has 0 aliphatic carbocycles. The third-order valence-corrected chi connectivity index (χ3v) is 6.51. The third kappa shape index (κ3) is 5.32. The van der Waals surface area contributed by atoms with Gasteiger partial charge in [-0.25, -0.2) is 13.1 Å². The molecule has 152 valence electrons. The van der Waals surface area contributed by atoms with E-state index in [-0.39, 0.29) is 16.9 Å². The summed E-state index contributed by atoms with van der Waals surface area (Å²) in [4.78, 5) is 4.67. The van der Waals surface area contributed by atoms with Gasteiger partial charge in [0, 0.05) is 44.2 Å². The molecule has 0 saturated carbocycles. The molecule has 1 aliphatic rings. The summed E-state index contributed by atoms with van der Waals surface area (Å²) < 4.78 is 34.0. The Labute approximate surface area is 168 Å². The Morgan fingerprint density at radius 3 is 2.54 bits per heavy atom. The quantitative estimate of drug-likeness (QED) is 0.731. The number of sulfonamides is 1. The Balaban J connectivity index is 1.75. The average molecular weight is 404 g/mol. The maximum Gasteiger partial charge on any atom is 0.241 e. The number of nitrogens with zero attached hydrogens (tertiary/aromatic N) is 2. The predicted octanol–water partition coefficient (Wildman–Crippen LogP) is 2.04. The van der Waals surface area contributed by atoms with Crippen molar-refractivity contribution in [3.8, 4) is 5.75 Å². The minimum Gasteiger partial charge on any atom is -0.497 e. The fourth-order valence-electron chi connectivity index (χ4n) is 3.75. The summed E-state index contributed by atoms with van der Waals surface area (Å²) in [6.07, 6.45) is 0. The molecule has 3 rings (SSSR count). The SMILES string of the molecule is COc1cccc(S(=O)(=O)N[C@@H]2CN(Cc3ccccc3)C[C@H]2CN(C)C)c1. The lowest BCUT2D eigenvalue weighted by molar-refractivity contribution is 0.283. The van der Waals surface area contributed by atoms with Crippen LogP contribution in [-0.2, 0) is 16.6 Å². The van der Waals surface area contributed by atoms with Crippen molar-refractivity contribution in [3.63, 3.8) is 0 Å². The number of benzene rings is 2. The number of ether oxygens (including phenoxy) is 1. The van der Waals surface area contributed by atoms with Crippen molar-refractivity contribution in [2.45, 2.75) is 17.5 Å². The molecule has 0 aromatic heterocycles. The maximum atomic E-state index is 13.0. The predicted molar refractivity (Wildman–Crippen MR) is 111 cm³/mol. The maximum absolute atomic E-state index is 13.0. The number of methoxy groups -OCH3 is 1. The molecule has 6 nitrogen and oxygen atoms in total. The molecule has 1 saturated heterocycles. The Morgan fingerprint density at radius 2 is 1.86 bits per heavy atom. The number of rotatable bonds is 8. The van der Waals surface area contributed by atoms with Crippen LogP contribution in [0.25, 0.3) is 0 Å². The van der Waals surface area contributed by atoms with Crippen LogP contribution in [0.5, 0.6) is 5.75 Å². The zero-order valence-corrected chi connectivity index (χ0v) is 17.5. The second-order valence-electron chi connectivity index (χ2n) is 7.61. The lowest BCUT2D eigenvalue weighted by atomic mass is 10.0. The molecule has 7 heteroatoms. The minimum atomic E-state index is -3.62. The summed E-state index contributed by atoms with van der Waals surface area (Å²) in [6, 6.07) is 16.7. The van der Waals surface area contributed by atoms with Gasteiger partial charge in [0.2, 0.25) is 10.0 Å². The highest BCUT2D eigenvalue weighted by molar-refractivity contribution is 7.89. The van der Waals surface area contributed by atoms with Crippen LogP contribution in [0, 0.1) is 5.92 Å². The van der Waals surface area contributed by atoms with E-state index in [9.17, 15) is 8.42 Å². The normalized spacial score (nSPS) is 20.6. The molecule has 2 aromatic rings. The van der Waals surface area contributed by atoms with Crippen molar-refractivity contribution in [2.75, 3.05) is 40.8 Å². The molecule has 0 unspecified atom stereocenters. The molecule has 1 fully saturated rings.